The number of nitrogens with one attached hydrogen (secondary N) is 1. The average molecular weight is 386 g/mol. The minimum atomic E-state index is -0.406. The first-order valence-corrected chi connectivity index (χ1v) is 8.95. The number of carbonyl (C=O) groups is 2. The maximum atomic E-state index is 12.3. The van der Waals surface area contributed by atoms with Crippen LogP contribution >= 0.6 is 0 Å². The first-order chi connectivity index (χ1) is 13.5. The second-order valence-corrected chi connectivity index (χ2v) is 6.26. The van der Waals surface area contributed by atoms with Crippen LogP contribution < -0.4 is 15.6 Å². The van der Waals surface area contributed by atoms with Crippen molar-refractivity contribution in [2.45, 2.75) is 26.4 Å². The number of ether oxygens (including phenoxy) is 2. The van der Waals surface area contributed by atoms with E-state index in [9.17, 15) is 14.4 Å². The van der Waals surface area contributed by atoms with E-state index >= 15 is 0 Å². The molecule has 1 aliphatic heterocycles. The molecule has 28 heavy (non-hydrogen) atoms. The van der Waals surface area contributed by atoms with Gasteiger partial charge in [0.25, 0.3) is 5.56 Å². The lowest BCUT2D eigenvalue weighted by Gasteiger charge is -2.27. The Morgan fingerprint density at radius 2 is 2.00 bits per heavy atom. The normalized spacial score (nSPS) is 12.9. The molecule has 148 valence electrons. The van der Waals surface area contributed by atoms with Crippen molar-refractivity contribution in [1.29, 1.82) is 0 Å². The zero-order chi connectivity index (χ0) is 20.1. The largest absolute Gasteiger partial charge is 0.497 e. The van der Waals surface area contributed by atoms with E-state index in [0.29, 0.717) is 42.3 Å². The predicted octanol–water partition coefficient (Wildman–Crippen LogP) is 1.41. The molecule has 1 aromatic heterocycles. The van der Waals surface area contributed by atoms with Crippen LogP contribution in [0.4, 0.5) is 10.5 Å². The highest BCUT2D eigenvalue weighted by Crippen LogP contribution is 2.17. The molecule has 2 heterocycles. The number of anilines is 1. The van der Waals surface area contributed by atoms with Gasteiger partial charge in [-0.2, -0.15) is 5.10 Å². The minimum Gasteiger partial charge on any atom is -0.497 e. The van der Waals surface area contributed by atoms with Gasteiger partial charge in [-0.15, -0.1) is 0 Å². The van der Waals surface area contributed by atoms with E-state index in [2.05, 4.69) is 10.4 Å². The van der Waals surface area contributed by atoms with Gasteiger partial charge in [0.2, 0.25) is 5.91 Å². The summed E-state index contributed by atoms with van der Waals surface area (Å²) in [7, 11) is 1.56. The molecule has 0 aliphatic carbocycles. The number of rotatable bonds is 5. The number of amides is 2. The molecular formula is C19H22N4O5. The third kappa shape index (κ3) is 4.48. The van der Waals surface area contributed by atoms with E-state index in [1.54, 1.807) is 38.3 Å². The Labute approximate surface area is 161 Å². The van der Waals surface area contributed by atoms with Crippen LogP contribution in [0.3, 0.4) is 0 Å². The highest BCUT2D eigenvalue weighted by Gasteiger charge is 2.24. The molecule has 2 aromatic rings. The third-order valence-electron chi connectivity index (χ3n) is 4.34. The molecule has 9 nitrogen and oxygen atoms in total. The van der Waals surface area contributed by atoms with Gasteiger partial charge in [-0.3, -0.25) is 9.59 Å². The lowest BCUT2D eigenvalue weighted by molar-refractivity contribution is -0.117. The van der Waals surface area contributed by atoms with E-state index < -0.39 is 11.7 Å². The van der Waals surface area contributed by atoms with Gasteiger partial charge in [0.15, 0.2) is 0 Å². The Hall–Kier alpha value is -3.36. The van der Waals surface area contributed by atoms with Crippen LogP contribution in [0.2, 0.25) is 0 Å². The molecule has 1 aromatic carbocycles. The summed E-state index contributed by atoms with van der Waals surface area (Å²) in [6, 6.07) is 8.31. The second-order valence-electron chi connectivity index (χ2n) is 6.26. The molecule has 0 spiro atoms. The van der Waals surface area contributed by atoms with E-state index in [-0.39, 0.29) is 19.0 Å². The predicted molar refractivity (Wildman–Crippen MR) is 101 cm³/mol. The van der Waals surface area contributed by atoms with E-state index in [0.717, 1.165) is 4.68 Å². The zero-order valence-electron chi connectivity index (χ0n) is 15.8. The molecule has 1 aliphatic rings. The Bertz CT molecular complexity index is 923. The number of carbonyl (C=O) groups excluding carboxylic acids is 2. The van der Waals surface area contributed by atoms with Crippen LogP contribution in [0.15, 0.2) is 35.1 Å². The van der Waals surface area contributed by atoms with Crippen molar-refractivity contribution in [3.8, 4) is 5.75 Å². The maximum absolute atomic E-state index is 12.3. The molecule has 0 radical (unpaired) electrons. The summed E-state index contributed by atoms with van der Waals surface area (Å²) in [5, 5.41) is 7.03. The summed E-state index contributed by atoms with van der Waals surface area (Å²) >= 11 is 0. The van der Waals surface area contributed by atoms with E-state index in [4.69, 9.17) is 9.47 Å². The van der Waals surface area contributed by atoms with Gasteiger partial charge < -0.3 is 19.7 Å². The van der Waals surface area contributed by atoms with Crippen LogP contribution in [0.1, 0.15) is 18.2 Å². The zero-order valence-corrected chi connectivity index (χ0v) is 15.8. The van der Waals surface area contributed by atoms with Gasteiger partial charge in [0.05, 0.1) is 26.0 Å². The number of fused-ring (bicyclic) bond motifs is 1. The van der Waals surface area contributed by atoms with Gasteiger partial charge in [0, 0.05) is 30.3 Å². The van der Waals surface area contributed by atoms with E-state index in [1.807, 2.05) is 0 Å². The standard InChI is InChI=1S/C19H22N4O5/c1-3-28-19(26)22-9-8-16-13(11-22)10-18(25)23(21-16)12-17(24)20-14-4-6-15(27-2)7-5-14/h4-7,10H,3,8-9,11-12H2,1-2H3,(H,20,24). The van der Waals surface area contributed by atoms with Crippen LogP contribution in [0.25, 0.3) is 0 Å². The fourth-order valence-corrected chi connectivity index (χ4v) is 2.93. The molecule has 0 atom stereocenters. The molecule has 9 heteroatoms. The van der Waals surface area contributed by atoms with Crippen molar-refractivity contribution in [3.05, 3.63) is 51.9 Å². The van der Waals surface area contributed by atoms with Crippen molar-refractivity contribution >= 4 is 17.7 Å². The van der Waals surface area contributed by atoms with Crippen LogP contribution in [0.5, 0.6) is 5.75 Å². The van der Waals surface area contributed by atoms with Gasteiger partial charge in [-0.25, -0.2) is 9.48 Å². The first-order valence-electron chi connectivity index (χ1n) is 8.95. The lowest BCUT2D eigenvalue weighted by atomic mass is 10.1. The highest BCUT2D eigenvalue weighted by atomic mass is 16.6. The lowest BCUT2D eigenvalue weighted by Crippen LogP contribution is -2.39. The van der Waals surface area contributed by atoms with Crippen LogP contribution in [0, 0.1) is 0 Å². The fraction of sp³-hybridized carbons (Fsp3) is 0.368. The number of hydrogen-bond donors (Lipinski definition) is 1. The smallest absolute Gasteiger partial charge is 0.410 e. The second kappa shape index (κ2) is 8.55. The SMILES string of the molecule is CCOC(=O)N1CCc2nn(CC(=O)Nc3ccc(OC)cc3)c(=O)cc2C1. The van der Waals surface area contributed by atoms with Gasteiger partial charge in [0.1, 0.15) is 12.3 Å². The quantitative estimate of drug-likeness (QED) is 0.833. The third-order valence-corrected chi connectivity index (χ3v) is 4.34. The number of benzene rings is 1. The van der Waals surface area contributed by atoms with Crippen molar-refractivity contribution in [2.24, 2.45) is 0 Å². The van der Waals surface area contributed by atoms with Crippen LogP contribution in [-0.4, -0.2) is 46.9 Å². The molecule has 0 saturated heterocycles. The summed E-state index contributed by atoms with van der Waals surface area (Å²) in [5.41, 5.74) is 1.59. The summed E-state index contributed by atoms with van der Waals surface area (Å²) in [5.74, 6) is 0.325. The van der Waals surface area contributed by atoms with Crippen molar-refractivity contribution < 1.29 is 19.1 Å². The Kier molecular flexibility index (Phi) is 5.93. The van der Waals surface area contributed by atoms with Gasteiger partial charge in [-0.05, 0) is 31.2 Å². The van der Waals surface area contributed by atoms with Crippen LogP contribution in [-0.2, 0) is 29.0 Å². The molecule has 1 N–H and O–H groups in total. The van der Waals surface area contributed by atoms with Crippen molar-refractivity contribution in [1.82, 2.24) is 14.7 Å². The minimum absolute atomic E-state index is 0.195. The fourth-order valence-electron chi connectivity index (χ4n) is 2.93. The molecule has 0 fully saturated rings. The molecular weight excluding hydrogens is 364 g/mol. The Morgan fingerprint density at radius 1 is 1.25 bits per heavy atom. The highest BCUT2D eigenvalue weighted by molar-refractivity contribution is 5.90. The summed E-state index contributed by atoms with van der Waals surface area (Å²) in [6.45, 7) is 2.57. The summed E-state index contributed by atoms with van der Waals surface area (Å²) in [6.07, 6.45) is 0.0883. The van der Waals surface area contributed by atoms with E-state index in [1.165, 1.54) is 11.0 Å². The molecule has 0 saturated carbocycles. The Morgan fingerprint density at radius 3 is 2.68 bits per heavy atom. The molecule has 2 amide bonds. The first kappa shape index (κ1) is 19.4. The molecule has 0 unspecified atom stereocenters. The number of methoxy groups -OCH3 is 1. The molecule has 3 rings (SSSR count). The molecule has 0 bridgehead atoms. The van der Waals surface area contributed by atoms with Gasteiger partial charge in [-0.1, -0.05) is 0 Å². The number of nitrogens with zero attached hydrogens (tertiary/aromatic N) is 3. The maximum Gasteiger partial charge on any atom is 0.410 e. The number of hydrogen-bond acceptors (Lipinski definition) is 6. The summed E-state index contributed by atoms with van der Waals surface area (Å²) < 4.78 is 11.2. The average Bonchev–Trinajstić information content (AvgIpc) is 2.69. The Balaban J connectivity index is 1.68. The number of aromatic nitrogens is 2. The van der Waals surface area contributed by atoms with Crippen molar-refractivity contribution in [2.75, 3.05) is 25.6 Å². The topological polar surface area (TPSA) is 103 Å². The monoisotopic (exact) mass is 386 g/mol. The van der Waals surface area contributed by atoms with Gasteiger partial charge >= 0.3 is 6.09 Å². The summed E-state index contributed by atoms with van der Waals surface area (Å²) in [4.78, 5) is 38.0. The van der Waals surface area contributed by atoms with Crippen molar-refractivity contribution in [3.63, 3.8) is 0 Å².